The summed E-state index contributed by atoms with van der Waals surface area (Å²) >= 11 is 12.7. The van der Waals surface area contributed by atoms with E-state index in [0.717, 1.165) is 28.1 Å². The van der Waals surface area contributed by atoms with E-state index in [2.05, 4.69) is 31.2 Å². The first-order chi connectivity index (χ1) is 9.61. The second-order valence-corrected chi connectivity index (χ2v) is 6.06. The van der Waals surface area contributed by atoms with E-state index in [1.165, 1.54) is 18.4 Å². The third-order valence-corrected chi connectivity index (χ3v) is 4.49. The summed E-state index contributed by atoms with van der Waals surface area (Å²) in [5, 5.41) is 0.626. The average molecular weight is 307 g/mol. The highest BCUT2D eigenvalue weighted by Gasteiger charge is 2.11. The van der Waals surface area contributed by atoms with Gasteiger partial charge in [0.05, 0.1) is 5.38 Å². The lowest BCUT2D eigenvalue weighted by Crippen LogP contribution is -1.95. The molecule has 20 heavy (non-hydrogen) atoms. The molecular formula is C18H20Cl2. The molecule has 0 spiro atoms. The Hall–Kier alpha value is -0.980. The zero-order chi connectivity index (χ0) is 14.5. The number of halogens is 2. The Morgan fingerprint density at radius 1 is 1.00 bits per heavy atom. The molecule has 2 aromatic rings. The first-order valence-electron chi connectivity index (χ1n) is 7.10. The summed E-state index contributed by atoms with van der Waals surface area (Å²) in [6.45, 7) is 4.21. The Morgan fingerprint density at radius 2 is 1.65 bits per heavy atom. The van der Waals surface area contributed by atoms with Crippen LogP contribution < -0.4 is 0 Å². The van der Waals surface area contributed by atoms with Gasteiger partial charge in [-0.1, -0.05) is 61.3 Å². The van der Waals surface area contributed by atoms with E-state index < -0.39 is 0 Å². The van der Waals surface area contributed by atoms with Crippen molar-refractivity contribution in [3.05, 3.63) is 69.7 Å². The van der Waals surface area contributed by atoms with Crippen LogP contribution in [0.15, 0.2) is 42.5 Å². The number of hydrogen-bond donors (Lipinski definition) is 0. The van der Waals surface area contributed by atoms with Crippen LogP contribution in [0.3, 0.4) is 0 Å². The van der Waals surface area contributed by atoms with Crippen molar-refractivity contribution >= 4 is 23.2 Å². The van der Waals surface area contributed by atoms with Crippen molar-refractivity contribution in [1.29, 1.82) is 0 Å². The Labute approximate surface area is 131 Å². The van der Waals surface area contributed by atoms with Crippen molar-refractivity contribution in [3.63, 3.8) is 0 Å². The number of alkyl halides is 1. The maximum atomic E-state index is 6.55. The lowest BCUT2D eigenvalue weighted by molar-refractivity contribution is 0.794. The molecule has 0 saturated heterocycles. The zero-order valence-corrected chi connectivity index (χ0v) is 13.5. The van der Waals surface area contributed by atoms with Crippen LogP contribution >= 0.6 is 23.2 Å². The molecule has 1 unspecified atom stereocenters. The van der Waals surface area contributed by atoms with Crippen LogP contribution in [0.4, 0.5) is 0 Å². The molecule has 0 aliphatic heterocycles. The third kappa shape index (κ3) is 3.77. The molecule has 0 fully saturated rings. The summed E-state index contributed by atoms with van der Waals surface area (Å²) in [5.41, 5.74) is 4.62. The topological polar surface area (TPSA) is 0 Å². The van der Waals surface area contributed by atoms with Gasteiger partial charge >= 0.3 is 0 Å². The number of aryl methyl sites for hydroxylation is 2. The number of benzene rings is 2. The predicted octanol–water partition coefficient (Wildman–Crippen LogP) is 6.32. The Bertz CT molecular complexity index is 558. The minimum absolute atomic E-state index is 0.145. The molecule has 0 nitrogen and oxygen atoms in total. The molecule has 2 aromatic carbocycles. The summed E-state index contributed by atoms with van der Waals surface area (Å²) in [4.78, 5) is 0. The van der Waals surface area contributed by atoms with E-state index in [9.17, 15) is 0 Å². The molecule has 0 amide bonds. The minimum atomic E-state index is -0.145. The second-order valence-electron chi connectivity index (χ2n) is 5.22. The third-order valence-electron chi connectivity index (χ3n) is 3.58. The van der Waals surface area contributed by atoms with Gasteiger partial charge in [-0.3, -0.25) is 0 Å². The van der Waals surface area contributed by atoms with Gasteiger partial charge < -0.3 is 0 Å². The van der Waals surface area contributed by atoms with Gasteiger partial charge in [0.15, 0.2) is 0 Å². The molecule has 106 valence electrons. The molecular weight excluding hydrogens is 287 g/mol. The number of rotatable bonds is 5. The number of unbranched alkanes of at least 4 members (excludes halogenated alkanes) is 1. The van der Waals surface area contributed by atoms with Crippen LogP contribution in [-0.2, 0) is 6.42 Å². The lowest BCUT2D eigenvalue weighted by atomic mass is 10.0. The van der Waals surface area contributed by atoms with Crippen LogP contribution in [0.25, 0.3) is 0 Å². The van der Waals surface area contributed by atoms with Gasteiger partial charge in [0.2, 0.25) is 0 Å². The van der Waals surface area contributed by atoms with Crippen LogP contribution in [0.2, 0.25) is 5.02 Å². The highest BCUT2D eigenvalue weighted by molar-refractivity contribution is 6.31. The van der Waals surface area contributed by atoms with Crippen molar-refractivity contribution < 1.29 is 0 Å². The van der Waals surface area contributed by atoms with Crippen LogP contribution in [0.1, 0.15) is 47.4 Å². The van der Waals surface area contributed by atoms with Crippen LogP contribution in [-0.4, -0.2) is 0 Å². The number of hydrogen-bond acceptors (Lipinski definition) is 0. The quantitative estimate of drug-likeness (QED) is 0.567. The molecule has 2 heteroatoms. The van der Waals surface area contributed by atoms with Crippen molar-refractivity contribution in [2.45, 2.75) is 38.5 Å². The smallest absolute Gasteiger partial charge is 0.0835 e. The predicted molar refractivity (Wildman–Crippen MR) is 88.9 cm³/mol. The highest BCUT2D eigenvalue weighted by Crippen LogP contribution is 2.31. The zero-order valence-electron chi connectivity index (χ0n) is 12.0. The van der Waals surface area contributed by atoms with Gasteiger partial charge in [-0.15, -0.1) is 11.6 Å². The van der Waals surface area contributed by atoms with Crippen molar-refractivity contribution in [2.75, 3.05) is 0 Å². The Kier molecular flexibility index (Phi) is 5.51. The van der Waals surface area contributed by atoms with Gasteiger partial charge in [-0.2, -0.15) is 0 Å². The molecule has 0 radical (unpaired) electrons. The first-order valence-corrected chi connectivity index (χ1v) is 7.92. The van der Waals surface area contributed by atoms with Crippen LogP contribution in [0, 0.1) is 6.92 Å². The standard InChI is InChI=1S/C18H20Cl2/c1-3-4-5-14-7-10-15(11-8-14)18(20)16-9-6-13(2)17(19)12-16/h6-12,18H,3-5H2,1-2H3. The fourth-order valence-corrected chi connectivity index (χ4v) is 2.66. The highest BCUT2D eigenvalue weighted by atomic mass is 35.5. The van der Waals surface area contributed by atoms with Crippen LogP contribution in [0.5, 0.6) is 0 Å². The molecule has 0 saturated carbocycles. The van der Waals surface area contributed by atoms with Gasteiger partial charge in [0.25, 0.3) is 0 Å². The normalized spacial score (nSPS) is 12.4. The van der Waals surface area contributed by atoms with Crippen molar-refractivity contribution in [3.8, 4) is 0 Å². The van der Waals surface area contributed by atoms with Gasteiger partial charge in [0.1, 0.15) is 0 Å². The minimum Gasteiger partial charge on any atom is -0.113 e. The monoisotopic (exact) mass is 306 g/mol. The van der Waals surface area contributed by atoms with Crippen molar-refractivity contribution in [1.82, 2.24) is 0 Å². The molecule has 0 N–H and O–H groups in total. The van der Waals surface area contributed by atoms with Gasteiger partial charge in [-0.05, 0) is 48.1 Å². The van der Waals surface area contributed by atoms with Gasteiger partial charge in [-0.25, -0.2) is 0 Å². The summed E-state index contributed by atoms with van der Waals surface area (Å²) < 4.78 is 0. The van der Waals surface area contributed by atoms with E-state index in [0.29, 0.717) is 0 Å². The lowest BCUT2D eigenvalue weighted by Gasteiger charge is -2.12. The molecule has 0 aromatic heterocycles. The molecule has 2 rings (SSSR count). The molecule has 0 bridgehead atoms. The second kappa shape index (κ2) is 7.15. The van der Waals surface area contributed by atoms with E-state index in [1.807, 2.05) is 25.1 Å². The van der Waals surface area contributed by atoms with E-state index in [4.69, 9.17) is 23.2 Å². The largest absolute Gasteiger partial charge is 0.113 e. The molecule has 0 aliphatic rings. The van der Waals surface area contributed by atoms with E-state index in [-0.39, 0.29) is 5.38 Å². The fraction of sp³-hybridized carbons (Fsp3) is 0.333. The fourth-order valence-electron chi connectivity index (χ4n) is 2.19. The maximum Gasteiger partial charge on any atom is 0.0835 e. The molecule has 0 heterocycles. The van der Waals surface area contributed by atoms with Gasteiger partial charge in [0, 0.05) is 5.02 Å². The Morgan fingerprint density at radius 3 is 2.25 bits per heavy atom. The summed E-state index contributed by atoms with van der Waals surface area (Å²) in [6, 6.07) is 14.6. The molecule has 1 atom stereocenters. The summed E-state index contributed by atoms with van der Waals surface area (Å²) in [6.07, 6.45) is 3.60. The van der Waals surface area contributed by atoms with E-state index in [1.54, 1.807) is 0 Å². The average Bonchev–Trinajstić information content (AvgIpc) is 2.48. The SMILES string of the molecule is CCCCc1ccc(C(Cl)c2ccc(C)c(Cl)c2)cc1. The maximum absolute atomic E-state index is 6.55. The summed E-state index contributed by atoms with van der Waals surface area (Å²) in [5.74, 6) is 0. The van der Waals surface area contributed by atoms with Crippen molar-refractivity contribution in [2.24, 2.45) is 0 Å². The first kappa shape index (κ1) is 15.4. The Balaban J connectivity index is 2.15. The summed E-state index contributed by atoms with van der Waals surface area (Å²) in [7, 11) is 0. The molecule has 0 aliphatic carbocycles. The van der Waals surface area contributed by atoms with E-state index >= 15 is 0 Å².